The number of fused-ring (bicyclic) bond motifs is 1. The van der Waals surface area contributed by atoms with Crippen LogP contribution in [-0.4, -0.2) is 54.1 Å². The second-order valence-corrected chi connectivity index (χ2v) is 6.58. The van der Waals surface area contributed by atoms with Crippen LogP contribution in [0.3, 0.4) is 0 Å². The molecule has 2 aliphatic rings. The molecule has 1 atom stereocenters. The molecular formula is C14H29N3. The van der Waals surface area contributed by atoms with Gasteiger partial charge >= 0.3 is 0 Å². The molecule has 2 saturated heterocycles. The van der Waals surface area contributed by atoms with Gasteiger partial charge in [0.25, 0.3) is 0 Å². The Morgan fingerprint density at radius 1 is 1.18 bits per heavy atom. The fourth-order valence-corrected chi connectivity index (χ4v) is 3.18. The second-order valence-electron chi connectivity index (χ2n) is 6.58. The highest BCUT2D eigenvalue weighted by Gasteiger charge is 2.28. The van der Waals surface area contributed by atoms with Gasteiger partial charge in [0, 0.05) is 31.2 Å². The molecule has 1 unspecified atom stereocenters. The normalized spacial score (nSPS) is 28.1. The van der Waals surface area contributed by atoms with Crippen LogP contribution >= 0.6 is 0 Å². The van der Waals surface area contributed by atoms with Crippen molar-refractivity contribution in [2.75, 3.05) is 32.7 Å². The Balaban J connectivity index is 1.69. The Morgan fingerprint density at radius 2 is 2.00 bits per heavy atom. The van der Waals surface area contributed by atoms with Gasteiger partial charge in [-0.2, -0.15) is 0 Å². The smallest absolute Gasteiger partial charge is 0.0223 e. The van der Waals surface area contributed by atoms with E-state index in [4.69, 9.17) is 5.73 Å². The number of piperidine rings is 1. The van der Waals surface area contributed by atoms with E-state index >= 15 is 0 Å². The number of hydrogen-bond donors (Lipinski definition) is 1. The first-order valence-electron chi connectivity index (χ1n) is 7.30. The lowest BCUT2D eigenvalue weighted by atomic mass is 9.98. The third-order valence-electron chi connectivity index (χ3n) is 4.22. The van der Waals surface area contributed by atoms with E-state index in [0.717, 1.165) is 12.5 Å². The Morgan fingerprint density at radius 3 is 2.76 bits per heavy atom. The zero-order chi connectivity index (χ0) is 12.3. The van der Waals surface area contributed by atoms with Crippen molar-refractivity contribution in [2.45, 2.75) is 57.5 Å². The highest BCUT2D eigenvalue weighted by Crippen LogP contribution is 2.21. The van der Waals surface area contributed by atoms with Crippen LogP contribution in [0.25, 0.3) is 0 Å². The molecule has 0 bridgehead atoms. The summed E-state index contributed by atoms with van der Waals surface area (Å²) >= 11 is 0. The van der Waals surface area contributed by atoms with Crippen LogP contribution in [0.15, 0.2) is 0 Å². The van der Waals surface area contributed by atoms with Gasteiger partial charge in [-0.25, -0.2) is 0 Å². The summed E-state index contributed by atoms with van der Waals surface area (Å²) < 4.78 is 0. The molecule has 2 aliphatic heterocycles. The van der Waals surface area contributed by atoms with Gasteiger partial charge in [-0.3, -0.25) is 4.90 Å². The van der Waals surface area contributed by atoms with E-state index in [2.05, 4.69) is 23.6 Å². The summed E-state index contributed by atoms with van der Waals surface area (Å²) in [5, 5.41) is 0. The van der Waals surface area contributed by atoms with Gasteiger partial charge in [-0.1, -0.05) is 6.42 Å². The highest BCUT2D eigenvalue weighted by molar-refractivity contribution is 4.85. The molecule has 0 aromatic carbocycles. The third-order valence-corrected chi connectivity index (χ3v) is 4.22. The molecule has 0 amide bonds. The molecule has 0 aromatic heterocycles. The van der Waals surface area contributed by atoms with Gasteiger partial charge in [0.05, 0.1) is 0 Å². The quantitative estimate of drug-likeness (QED) is 0.810. The molecule has 0 aliphatic carbocycles. The lowest BCUT2D eigenvalue weighted by Gasteiger charge is -2.44. The highest BCUT2D eigenvalue weighted by atomic mass is 15.3. The van der Waals surface area contributed by atoms with Crippen molar-refractivity contribution in [1.82, 2.24) is 9.80 Å². The maximum absolute atomic E-state index is 6.03. The minimum Gasteiger partial charge on any atom is -0.326 e. The van der Waals surface area contributed by atoms with Crippen LogP contribution < -0.4 is 5.73 Å². The lowest BCUT2D eigenvalue weighted by molar-refractivity contribution is 0.0481. The van der Waals surface area contributed by atoms with Crippen LogP contribution in [0.4, 0.5) is 0 Å². The van der Waals surface area contributed by atoms with E-state index in [0.29, 0.717) is 0 Å². The molecular weight excluding hydrogens is 210 g/mol. The minimum atomic E-state index is 0.00661. The van der Waals surface area contributed by atoms with Crippen molar-refractivity contribution in [3.63, 3.8) is 0 Å². The summed E-state index contributed by atoms with van der Waals surface area (Å²) in [4.78, 5) is 5.35. The van der Waals surface area contributed by atoms with Gasteiger partial charge in [-0.15, -0.1) is 0 Å². The van der Waals surface area contributed by atoms with Crippen molar-refractivity contribution < 1.29 is 0 Å². The van der Waals surface area contributed by atoms with Gasteiger partial charge in [0.15, 0.2) is 0 Å². The fraction of sp³-hybridized carbons (Fsp3) is 1.00. The number of rotatable bonds is 4. The standard InChI is InChI=1S/C14H29N3/c1-14(2,15)7-5-8-16-10-11-17-9-4-3-6-13(17)12-16/h13H,3-12,15H2,1-2H3. The summed E-state index contributed by atoms with van der Waals surface area (Å²) in [7, 11) is 0. The zero-order valence-electron chi connectivity index (χ0n) is 11.6. The van der Waals surface area contributed by atoms with Crippen LogP contribution in [0, 0.1) is 0 Å². The maximum Gasteiger partial charge on any atom is 0.0223 e. The molecule has 100 valence electrons. The topological polar surface area (TPSA) is 32.5 Å². The SMILES string of the molecule is CC(C)(N)CCCN1CCN2CCCCC2C1. The molecule has 17 heavy (non-hydrogen) atoms. The van der Waals surface area contributed by atoms with Gasteiger partial charge in [0.1, 0.15) is 0 Å². The number of hydrogen-bond acceptors (Lipinski definition) is 3. The minimum absolute atomic E-state index is 0.00661. The molecule has 2 rings (SSSR count). The Labute approximate surface area is 106 Å². The molecule has 0 spiro atoms. The largest absolute Gasteiger partial charge is 0.326 e. The average molecular weight is 239 g/mol. The molecule has 3 nitrogen and oxygen atoms in total. The molecule has 2 N–H and O–H groups in total. The summed E-state index contributed by atoms with van der Waals surface area (Å²) in [6.45, 7) is 10.7. The van der Waals surface area contributed by atoms with Crippen LogP contribution in [0.1, 0.15) is 46.0 Å². The van der Waals surface area contributed by atoms with E-state index < -0.39 is 0 Å². The summed E-state index contributed by atoms with van der Waals surface area (Å²) in [6.07, 6.45) is 6.65. The number of nitrogens with zero attached hydrogens (tertiary/aromatic N) is 2. The Hall–Kier alpha value is -0.120. The summed E-state index contributed by atoms with van der Waals surface area (Å²) in [6, 6.07) is 0.850. The van der Waals surface area contributed by atoms with E-state index in [9.17, 15) is 0 Å². The zero-order valence-corrected chi connectivity index (χ0v) is 11.6. The van der Waals surface area contributed by atoms with Crippen molar-refractivity contribution in [1.29, 1.82) is 0 Å². The fourth-order valence-electron chi connectivity index (χ4n) is 3.18. The van der Waals surface area contributed by atoms with Gasteiger partial charge in [0.2, 0.25) is 0 Å². The number of piperazine rings is 1. The predicted octanol–water partition coefficient (Wildman–Crippen LogP) is 1.67. The van der Waals surface area contributed by atoms with E-state index in [1.165, 1.54) is 58.4 Å². The van der Waals surface area contributed by atoms with Gasteiger partial charge in [-0.05, 0) is 52.6 Å². The van der Waals surface area contributed by atoms with E-state index in [1.807, 2.05) is 0 Å². The second kappa shape index (κ2) is 5.68. The predicted molar refractivity (Wildman–Crippen MR) is 73.2 cm³/mol. The Bertz CT molecular complexity index is 234. The van der Waals surface area contributed by atoms with Crippen molar-refractivity contribution >= 4 is 0 Å². The van der Waals surface area contributed by atoms with Crippen molar-refractivity contribution in [3.8, 4) is 0 Å². The first kappa shape index (κ1) is 13.3. The maximum atomic E-state index is 6.03. The van der Waals surface area contributed by atoms with E-state index in [1.54, 1.807) is 0 Å². The molecule has 2 heterocycles. The van der Waals surface area contributed by atoms with Crippen LogP contribution in [-0.2, 0) is 0 Å². The molecule has 2 fully saturated rings. The van der Waals surface area contributed by atoms with Crippen LogP contribution in [0.2, 0.25) is 0 Å². The molecule has 0 saturated carbocycles. The van der Waals surface area contributed by atoms with Crippen LogP contribution in [0.5, 0.6) is 0 Å². The first-order chi connectivity index (χ1) is 8.04. The molecule has 0 radical (unpaired) electrons. The summed E-state index contributed by atoms with van der Waals surface area (Å²) in [5.41, 5.74) is 6.04. The third kappa shape index (κ3) is 4.23. The first-order valence-corrected chi connectivity index (χ1v) is 7.30. The number of nitrogens with two attached hydrogens (primary N) is 1. The Kier molecular flexibility index (Phi) is 4.45. The monoisotopic (exact) mass is 239 g/mol. The molecule has 0 aromatic rings. The van der Waals surface area contributed by atoms with Crippen molar-refractivity contribution in [2.24, 2.45) is 5.73 Å². The molecule has 3 heteroatoms. The van der Waals surface area contributed by atoms with E-state index in [-0.39, 0.29) is 5.54 Å². The average Bonchev–Trinajstić information content (AvgIpc) is 2.27. The summed E-state index contributed by atoms with van der Waals surface area (Å²) in [5.74, 6) is 0. The van der Waals surface area contributed by atoms with Gasteiger partial charge < -0.3 is 10.6 Å². The van der Waals surface area contributed by atoms with Crippen molar-refractivity contribution in [3.05, 3.63) is 0 Å². The lowest BCUT2D eigenvalue weighted by Crippen LogP contribution is -2.54.